The maximum absolute atomic E-state index is 5.90. The van der Waals surface area contributed by atoms with Crippen molar-refractivity contribution in [1.29, 1.82) is 0 Å². The van der Waals surface area contributed by atoms with Crippen molar-refractivity contribution in [3.63, 3.8) is 0 Å². The Balaban J connectivity index is 2.41. The molecule has 0 aromatic carbocycles. The first kappa shape index (κ1) is 14.9. The molecule has 1 fully saturated rings. The molecule has 3 nitrogen and oxygen atoms in total. The summed E-state index contributed by atoms with van der Waals surface area (Å²) in [6.45, 7) is 12.5. The van der Waals surface area contributed by atoms with Gasteiger partial charge in [-0.1, -0.05) is 20.8 Å². The Kier molecular flexibility index (Phi) is 5.90. The maximum atomic E-state index is 5.90. The van der Waals surface area contributed by atoms with Crippen LogP contribution in [0.4, 0.5) is 0 Å². The lowest BCUT2D eigenvalue weighted by molar-refractivity contribution is 0.0940. The van der Waals surface area contributed by atoms with E-state index in [4.69, 9.17) is 5.73 Å². The van der Waals surface area contributed by atoms with E-state index in [-0.39, 0.29) is 5.41 Å². The number of likely N-dealkylation sites (tertiary alicyclic amines) is 1. The summed E-state index contributed by atoms with van der Waals surface area (Å²) in [6, 6.07) is 0.759. The van der Waals surface area contributed by atoms with Crippen LogP contribution in [0.25, 0.3) is 0 Å². The summed E-state index contributed by atoms with van der Waals surface area (Å²) in [6.07, 6.45) is 3.80. The maximum Gasteiger partial charge on any atom is 0.0117 e. The van der Waals surface area contributed by atoms with Crippen molar-refractivity contribution < 1.29 is 0 Å². The van der Waals surface area contributed by atoms with Crippen LogP contribution in [0.3, 0.4) is 0 Å². The van der Waals surface area contributed by atoms with Gasteiger partial charge in [-0.25, -0.2) is 0 Å². The predicted octanol–water partition coefficient (Wildman–Crippen LogP) is 1.78. The predicted molar refractivity (Wildman–Crippen MR) is 75.2 cm³/mol. The van der Waals surface area contributed by atoms with Gasteiger partial charge in [-0.05, 0) is 57.9 Å². The van der Waals surface area contributed by atoms with Crippen LogP contribution in [0, 0.1) is 5.41 Å². The number of hydrogen-bond donors (Lipinski definition) is 1. The average Bonchev–Trinajstić information content (AvgIpc) is 2.38. The number of piperidine rings is 1. The van der Waals surface area contributed by atoms with Crippen molar-refractivity contribution in [2.24, 2.45) is 11.1 Å². The van der Waals surface area contributed by atoms with Crippen molar-refractivity contribution >= 4 is 0 Å². The van der Waals surface area contributed by atoms with Crippen LogP contribution >= 0.6 is 0 Å². The monoisotopic (exact) mass is 241 g/mol. The van der Waals surface area contributed by atoms with Gasteiger partial charge in [0, 0.05) is 12.6 Å². The van der Waals surface area contributed by atoms with Gasteiger partial charge >= 0.3 is 0 Å². The van der Waals surface area contributed by atoms with Crippen LogP contribution in [0.15, 0.2) is 0 Å². The summed E-state index contributed by atoms with van der Waals surface area (Å²) in [5.74, 6) is 0. The molecule has 1 saturated heterocycles. The van der Waals surface area contributed by atoms with Gasteiger partial charge in [-0.3, -0.25) is 0 Å². The van der Waals surface area contributed by atoms with E-state index in [1.165, 1.54) is 38.9 Å². The lowest BCUT2D eigenvalue weighted by Crippen LogP contribution is -2.47. The molecule has 0 saturated carbocycles. The third-order valence-corrected chi connectivity index (χ3v) is 4.61. The summed E-state index contributed by atoms with van der Waals surface area (Å²) in [7, 11) is 2.27. The van der Waals surface area contributed by atoms with E-state index in [9.17, 15) is 0 Å². The minimum atomic E-state index is 0.288. The molecule has 0 aromatic rings. The molecule has 1 heterocycles. The van der Waals surface area contributed by atoms with Gasteiger partial charge < -0.3 is 15.5 Å². The number of hydrogen-bond acceptors (Lipinski definition) is 3. The molecule has 0 aliphatic carbocycles. The lowest BCUT2D eigenvalue weighted by atomic mass is 9.86. The SMILES string of the molecule is CCN1CCC(N(C)CC(C)(CC)CN)CC1. The Morgan fingerprint density at radius 1 is 1.29 bits per heavy atom. The second-order valence-corrected chi connectivity index (χ2v) is 5.95. The highest BCUT2D eigenvalue weighted by Crippen LogP contribution is 2.24. The van der Waals surface area contributed by atoms with E-state index in [0.29, 0.717) is 0 Å². The zero-order valence-corrected chi connectivity index (χ0v) is 12.2. The third-order valence-electron chi connectivity index (χ3n) is 4.61. The zero-order chi connectivity index (χ0) is 12.9. The number of rotatable bonds is 6. The number of nitrogens with zero attached hydrogens (tertiary/aromatic N) is 2. The van der Waals surface area contributed by atoms with Gasteiger partial charge in [0.2, 0.25) is 0 Å². The Morgan fingerprint density at radius 2 is 1.88 bits per heavy atom. The van der Waals surface area contributed by atoms with Crippen LogP contribution in [-0.2, 0) is 0 Å². The van der Waals surface area contributed by atoms with Gasteiger partial charge in [0.05, 0.1) is 0 Å². The normalized spacial score (nSPS) is 22.9. The molecule has 102 valence electrons. The van der Waals surface area contributed by atoms with E-state index in [1.54, 1.807) is 0 Å². The Labute approximate surface area is 107 Å². The molecule has 1 atom stereocenters. The van der Waals surface area contributed by atoms with E-state index in [1.807, 2.05) is 0 Å². The van der Waals surface area contributed by atoms with Crippen molar-refractivity contribution in [2.75, 3.05) is 39.8 Å². The first-order valence-electron chi connectivity index (χ1n) is 7.17. The largest absolute Gasteiger partial charge is 0.330 e. The first-order chi connectivity index (χ1) is 8.04. The first-order valence-corrected chi connectivity index (χ1v) is 7.17. The summed E-state index contributed by atoms with van der Waals surface area (Å²) in [5, 5.41) is 0. The van der Waals surface area contributed by atoms with Gasteiger partial charge in [0.25, 0.3) is 0 Å². The van der Waals surface area contributed by atoms with Gasteiger partial charge in [0.1, 0.15) is 0 Å². The van der Waals surface area contributed by atoms with Gasteiger partial charge in [-0.15, -0.1) is 0 Å². The summed E-state index contributed by atoms with van der Waals surface area (Å²) in [5.41, 5.74) is 6.19. The van der Waals surface area contributed by atoms with Crippen LogP contribution in [0.2, 0.25) is 0 Å². The van der Waals surface area contributed by atoms with Gasteiger partial charge in [-0.2, -0.15) is 0 Å². The Bertz CT molecular complexity index is 206. The second-order valence-electron chi connectivity index (χ2n) is 5.95. The highest BCUT2D eigenvalue weighted by Gasteiger charge is 2.27. The standard InChI is InChI=1S/C14H31N3/c1-5-14(3,11-15)12-16(4)13-7-9-17(6-2)10-8-13/h13H,5-12,15H2,1-4H3. The van der Waals surface area contributed by atoms with E-state index in [0.717, 1.165) is 19.1 Å². The van der Waals surface area contributed by atoms with Crippen molar-refractivity contribution in [1.82, 2.24) is 9.80 Å². The Morgan fingerprint density at radius 3 is 2.29 bits per heavy atom. The Hall–Kier alpha value is -0.120. The van der Waals surface area contributed by atoms with Gasteiger partial charge in [0.15, 0.2) is 0 Å². The molecule has 1 unspecified atom stereocenters. The molecular formula is C14H31N3. The lowest BCUT2D eigenvalue weighted by Gasteiger charge is -2.40. The van der Waals surface area contributed by atoms with Crippen molar-refractivity contribution in [2.45, 2.75) is 46.1 Å². The minimum Gasteiger partial charge on any atom is -0.330 e. The molecule has 1 rings (SSSR count). The highest BCUT2D eigenvalue weighted by atomic mass is 15.2. The van der Waals surface area contributed by atoms with Crippen LogP contribution in [0.1, 0.15) is 40.0 Å². The number of nitrogens with two attached hydrogens (primary N) is 1. The second kappa shape index (κ2) is 6.72. The third kappa shape index (κ3) is 4.23. The molecule has 0 aromatic heterocycles. The fourth-order valence-corrected chi connectivity index (χ4v) is 2.73. The van der Waals surface area contributed by atoms with Crippen molar-refractivity contribution in [3.05, 3.63) is 0 Å². The molecule has 0 radical (unpaired) electrons. The highest BCUT2D eigenvalue weighted by molar-refractivity contribution is 4.83. The van der Waals surface area contributed by atoms with Crippen molar-refractivity contribution in [3.8, 4) is 0 Å². The molecular weight excluding hydrogens is 210 g/mol. The topological polar surface area (TPSA) is 32.5 Å². The van der Waals surface area contributed by atoms with E-state index < -0.39 is 0 Å². The molecule has 1 aliphatic heterocycles. The molecule has 0 amide bonds. The molecule has 0 bridgehead atoms. The summed E-state index contributed by atoms with van der Waals surface area (Å²) >= 11 is 0. The van der Waals surface area contributed by atoms with E-state index >= 15 is 0 Å². The van der Waals surface area contributed by atoms with Crippen LogP contribution in [-0.4, -0.2) is 55.6 Å². The molecule has 3 heteroatoms. The summed E-state index contributed by atoms with van der Waals surface area (Å²) in [4.78, 5) is 5.09. The zero-order valence-electron chi connectivity index (χ0n) is 12.2. The summed E-state index contributed by atoms with van der Waals surface area (Å²) < 4.78 is 0. The molecule has 1 aliphatic rings. The average molecular weight is 241 g/mol. The quantitative estimate of drug-likeness (QED) is 0.769. The molecule has 2 N–H and O–H groups in total. The van der Waals surface area contributed by atoms with E-state index in [2.05, 4.69) is 37.6 Å². The van der Waals surface area contributed by atoms with Crippen LogP contribution < -0.4 is 5.73 Å². The molecule has 0 spiro atoms. The smallest absolute Gasteiger partial charge is 0.0117 e. The minimum absolute atomic E-state index is 0.288. The fraction of sp³-hybridized carbons (Fsp3) is 1.00. The fourth-order valence-electron chi connectivity index (χ4n) is 2.73. The molecule has 17 heavy (non-hydrogen) atoms. The van der Waals surface area contributed by atoms with Crippen LogP contribution in [0.5, 0.6) is 0 Å².